The molecule has 0 atom stereocenters. The predicted molar refractivity (Wildman–Crippen MR) is 42.2 cm³/mol. The van der Waals surface area contributed by atoms with Crippen molar-refractivity contribution in [1.29, 1.82) is 0 Å². The van der Waals surface area contributed by atoms with E-state index in [9.17, 15) is 0 Å². The number of ether oxygens (including phenoxy) is 1. The number of nitrogens with two attached hydrogens (primary N) is 1. The fourth-order valence-electron chi connectivity index (χ4n) is 0.490. The van der Waals surface area contributed by atoms with Gasteiger partial charge in [-0.15, -0.1) is 0 Å². The predicted octanol–water partition coefficient (Wildman–Crippen LogP) is 0.305. The highest BCUT2D eigenvalue weighted by Crippen LogP contribution is 2.26. The Bertz CT molecular complexity index is 128. The van der Waals surface area contributed by atoms with Gasteiger partial charge < -0.3 is 10.2 Å². The molecule has 0 aliphatic carbocycles. The van der Waals surface area contributed by atoms with Gasteiger partial charge in [0.25, 0.3) is 0 Å². The Morgan fingerprint density at radius 2 is 2.20 bits per heavy atom. The van der Waals surface area contributed by atoms with E-state index in [1.54, 1.807) is 7.11 Å². The van der Waals surface area contributed by atoms with Crippen LogP contribution in [0.3, 0.4) is 0 Å². The third-order valence-electron chi connectivity index (χ3n) is 1.09. The maximum absolute atomic E-state index is 5.69. The van der Waals surface area contributed by atoms with Crippen LogP contribution in [-0.2, 0) is 4.74 Å². The van der Waals surface area contributed by atoms with Gasteiger partial charge in [0.2, 0.25) is 0 Å². The molecule has 0 spiro atoms. The van der Waals surface area contributed by atoms with Gasteiger partial charge in [0, 0.05) is 0 Å². The summed E-state index contributed by atoms with van der Waals surface area (Å²) in [5, 5.41) is -0.481. The second-order valence-electron chi connectivity index (χ2n) is 2.63. The molecule has 3 N–H and O–H groups in total. The van der Waals surface area contributed by atoms with Gasteiger partial charge in [-0.25, -0.2) is 0 Å². The summed E-state index contributed by atoms with van der Waals surface area (Å²) in [5.74, 6) is 5.17. The van der Waals surface area contributed by atoms with E-state index in [0.717, 1.165) is 0 Å². The molecule has 0 saturated heterocycles. The van der Waals surface area contributed by atoms with Crippen LogP contribution >= 0.6 is 0 Å². The molecular formula is C6H13BN2O. The van der Waals surface area contributed by atoms with Crippen molar-refractivity contribution in [2.75, 3.05) is 7.11 Å². The molecular weight excluding hydrogens is 127 g/mol. The van der Waals surface area contributed by atoms with Gasteiger partial charge in [0.05, 0.1) is 20.7 Å². The van der Waals surface area contributed by atoms with E-state index < -0.39 is 5.31 Å². The van der Waals surface area contributed by atoms with Gasteiger partial charge in [0.15, 0.2) is 0 Å². The van der Waals surface area contributed by atoms with Crippen LogP contribution in [0.25, 0.3) is 0 Å². The fourth-order valence-corrected chi connectivity index (χ4v) is 0.490. The highest BCUT2D eigenvalue weighted by Gasteiger charge is 2.15. The molecule has 0 rings (SSSR count). The van der Waals surface area contributed by atoms with Gasteiger partial charge in [-0.1, -0.05) is 13.8 Å². The number of rotatable bonds is 3. The Labute approximate surface area is 63.0 Å². The van der Waals surface area contributed by atoms with Crippen molar-refractivity contribution in [3.05, 3.63) is 12.0 Å². The Balaban J connectivity index is 4.21. The topological polar surface area (TPSA) is 47.3 Å². The first-order valence-electron chi connectivity index (χ1n) is 3.01. The van der Waals surface area contributed by atoms with Crippen LogP contribution in [0.15, 0.2) is 12.0 Å². The first-order valence-corrected chi connectivity index (χ1v) is 3.01. The van der Waals surface area contributed by atoms with Crippen molar-refractivity contribution >= 4 is 7.85 Å². The Morgan fingerprint density at radius 3 is 2.30 bits per heavy atom. The van der Waals surface area contributed by atoms with Gasteiger partial charge in [-0.05, 0) is 5.31 Å². The molecule has 3 nitrogen and oxygen atoms in total. The van der Waals surface area contributed by atoms with E-state index in [0.29, 0.717) is 5.70 Å². The summed E-state index contributed by atoms with van der Waals surface area (Å²) in [6, 6.07) is 0. The minimum Gasteiger partial charge on any atom is -0.503 e. The van der Waals surface area contributed by atoms with Crippen molar-refractivity contribution in [3.8, 4) is 0 Å². The van der Waals surface area contributed by atoms with Gasteiger partial charge in [-0.3, -0.25) is 5.84 Å². The van der Waals surface area contributed by atoms with E-state index >= 15 is 0 Å². The number of methoxy groups -OCH3 is 1. The lowest BCUT2D eigenvalue weighted by Crippen LogP contribution is -2.28. The van der Waals surface area contributed by atoms with E-state index in [2.05, 4.69) is 5.43 Å². The van der Waals surface area contributed by atoms with Crippen molar-refractivity contribution in [2.45, 2.75) is 19.2 Å². The lowest BCUT2D eigenvalue weighted by molar-refractivity contribution is 0.326. The molecule has 0 aromatic rings. The smallest absolute Gasteiger partial charge is 0.102 e. The molecule has 0 aromatic heterocycles. The van der Waals surface area contributed by atoms with Crippen LogP contribution in [0.1, 0.15) is 13.8 Å². The maximum Gasteiger partial charge on any atom is 0.102 e. The summed E-state index contributed by atoms with van der Waals surface area (Å²) < 4.78 is 4.74. The SMILES string of the molecule is [B]C(C)(C)/C(=C\OC)NN. The second kappa shape index (κ2) is 3.51. The molecule has 56 valence electrons. The molecule has 0 fully saturated rings. The Kier molecular flexibility index (Phi) is 3.29. The average Bonchev–Trinajstić information content (AvgIpc) is 1.80. The average molecular weight is 140 g/mol. The summed E-state index contributed by atoms with van der Waals surface area (Å²) in [6.07, 6.45) is 1.49. The summed E-state index contributed by atoms with van der Waals surface area (Å²) >= 11 is 0. The van der Waals surface area contributed by atoms with Crippen molar-refractivity contribution < 1.29 is 4.74 Å². The third kappa shape index (κ3) is 2.78. The van der Waals surface area contributed by atoms with Crippen LogP contribution in [0.4, 0.5) is 0 Å². The summed E-state index contributed by atoms with van der Waals surface area (Å²) in [4.78, 5) is 0. The van der Waals surface area contributed by atoms with Crippen LogP contribution in [0, 0.1) is 0 Å². The first kappa shape index (κ1) is 9.36. The normalized spacial score (nSPS) is 13.0. The molecule has 0 unspecified atom stereocenters. The largest absolute Gasteiger partial charge is 0.503 e. The zero-order chi connectivity index (χ0) is 8.20. The van der Waals surface area contributed by atoms with Gasteiger partial charge in [0.1, 0.15) is 6.26 Å². The van der Waals surface area contributed by atoms with Crippen LogP contribution in [-0.4, -0.2) is 15.0 Å². The molecule has 0 heterocycles. The molecule has 2 radical (unpaired) electrons. The van der Waals surface area contributed by atoms with E-state index in [-0.39, 0.29) is 0 Å². The first-order chi connectivity index (χ1) is 4.52. The van der Waals surface area contributed by atoms with E-state index in [1.807, 2.05) is 13.8 Å². The zero-order valence-corrected chi connectivity index (χ0v) is 6.64. The van der Waals surface area contributed by atoms with Crippen molar-refractivity contribution in [1.82, 2.24) is 5.43 Å². The van der Waals surface area contributed by atoms with Crippen molar-refractivity contribution in [2.24, 2.45) is 5.84 Å². The monoisotopic (exact) mass is 140 g/mol. The lowest BCUT2D eigenvalue weighted by atomic mass is 9.70. The van der Waals surface area contributed by atoms with E-state index in [4.69, 9.17) is 18.4 Å². The third-order valence-corrected chi connectivity index (χ3v) is 1.09. The number of hydrogen-bond donors (Lipinski definition) is 2. The highest BCUT2D eigenvalue weighted by atomic mass is 16.5. The quantitative estimate of drug-likeness (QED) is 0.256. The van der Waals surface area contributed by atoms with Crippen molar-refractivity contribution in [3.63, 3.8) is 0 Å². The second-order valence-corrected chi connectivity index (χ2v) is 2.63. The number of hydrazine groups is 1. The van der Waals surface area contributed by atoms with Crippen LogP contribution in [0.5, 0.6) is 0 Å². The summed E-state index contributed by atoms with van der Waals surface area (Å²) in [7, 11) is 7.23. The highest BCUT2D eigenvalue weighted by molar-refractivity contribution is 6.16. The zero-order valence-electron chi connectivity index (χ0n) is 6.64. The molecule has 0 amide bonds. The van der Waals surface area contributed by atoms with Gasteiger partial charge in [-0.2, -0.15) is 0 Å². The minimum atomic E-state index is -0.481. The Hall–Kier alpha value is -0.635. The van der Waals surface area contributed by atoms with Crippen LogP contribution < -0.4 is 11.3 Å². The molecule has 0 saturated carbocycles. The minimum absolute atomic E-state index is 0.481. The number of nitrogens with one attached hydrogen (secondary N) is 1. The lowest BCUT2D eigenvalue weighted by Gasteiger charge is -2.21. The van der Waals surface area contributed by atoms with E-state index in [1.165, 1.54) is 6.26 Å². The molecule has 4 heteroatoms. The van der Waals surface area contributed by atoms with Crippen LogP contribution in [0.2, 0.25) is 5.31 Å². The molecule has 10 heavy (non-hydrogen) atoms. The number of hydrogen-bond acceptors (Lipinski definition) is 3. The molecule has 0 aliphatic heterocycles. The number of allylic oxidation sites excluding steroid dienone is 1. The summed E-state index contributed by atoms with van der Waals surface area (Å²) in [5.41, 5.74) is 3.12. The Morgan fingerprint density at radius 1 is 1.70 bits per heavy atom. The molecule has 0 aromatic carbocycles. The fraction of sp³-hybridized carbons (Fsp3) is 0.667. The standard InChI is InChI=1S/C6H13BN2O/c1-6(2,7)5(9-8)4-10-3/h4,9H,8H2,1-3H3/b5-4+. The maximum atomic E-state index is 5.69. The van der Waals surface area contributed by atoms with Gasteiger partial charge >= 0.3 is 0 Å². The molecule has 0 bridgehead atoms. The molecule has 0 aliphatic rings. The summed E-state index contributed by atoms with van der Waals surface area (Å²) in [6.45, 7) is 3.66.